The van der Waals surface area contributed by atoms with Crippen LogP contribution in [0.4, 0.5) is 15.8 Å². The first-order valence-corrected chi connectivity index (χ1v) is 19.6. The van der Waals surface area contributed by atoms with Gasteiger partial charge in [-0.1, -0.05) is 26.8 Å². The maximum atomic E-state index is 14.7. The number of fused-ring (bicyclic) bond motifs is 1. The van der Waals surface area contributed by atoms with Crippen molar-refractivity contribution in [3.05, 3.63) is 63.5 Å². The zero-order valence-electron chi connectivity index (χ0n) is 28.8. The number of hydrogen-bond donors (Lipinski definition) is 1. The Kier molecular flexibility index (Phi) is 9.83. The maximum Gasteiger partial charge on any atom is 0.261 e. The fraction of sp³-hybridized carbons (Fsp3) is 0.611. The van der Waals surface area contributed by atoms with E-state index in [0.717, 1.165) is 72.4 Å². The standard InChI is InChI=1S/C36H53FN4O3Si/c1-23-20-29(33-30(21-23)35(42)41(7)34(39-33)25-16-18-43-19-17-25)24(2)38-31-15-10-26(37)22-32(31)40(6)27-11-13-28(14-12-27)44-45(8,9)36(3,4)5/h10,15,20-22,24-25,27-28,38H,11-14,16-19H2,1-9H3/t24-,27?,28?/m1/s1. The molecule has 1 N–H and O–H groups in total. The molecule has 5 rings (SSSR count). The van der Waals surface area contributed by atoms with E-state index in [0.29, 0.717) is 30.7 Å². The first-order chi connectivity index (χ1) is 21.2. The van der Waals surface area contributed by atoms with Crippen molar-refractivity contribution in [2.75, 3.05) is 30.5 Å². The van der Waals surface area contributed by atoms with Crippen molar-refractivity contribution >= 4 is 30.6 Å². The average molecular weight is 637 g/mol. The van der Waals surface area contributed by atoms with Gasteiger partial charge in [-0.3, -0.25) is 9.36 Å². The molecule has 2 heterocycles. The molecule has 246 valence electrons. The molecule has 7 nitrogen and oxygen atoms in total. The fourth-order valence-electron chi connectivity index (χ4n) is 6.79. The summed E-state index contributed by atoms with van der Waals surface area (Å²) in [5.41, 5.74) is 4.42. The molecule has 2 fully saturated rings. The van der Waals surface area contributed by atoms with E-state index in [9.17, 15) is 9.18 Å². The molecule has 45 heavy (non-hydrogen) atoms. The lowest BCUT2D eigenvalue weighted by molar-refractivity contribution is 0.0828. The summed E-state index contributed by atoms with van der Waals surface area (Å²) < 4.78 is 28.8. The molecule has 0 bridgehead atoms. The summed E-state index contributed by atoms with van der Waals surface area (Å²) in [6.07, 6.45) is 6.05. The quantitative estimate of drug-likeness (QED) is 0.251. The highest BCUT2D eigenvalue weighted by Gasteiger charge is 2.40. The van der Waals surface area contributed by atoms with Crippen molar-refractivity contribution in [2.45, 2.75) is 115 Å². The predicted molar refractivity (Wildman–Crippen MR) is 186 cm³/mol. The number of aryl methyl sites for hydroxylation is 1. The number of aromatic nitrogens is 2. The second kappa shape index (κ2) is 13.2. The van der Waals surface area contributed by atoms with Crippen molar-refractivity contribution in [3.63, 3.8) is 0 Å². The number of nitrogens with one attached hydrogen (secondary N) is 1. The lowest BCUT2D eigenvalue weighted by Crippen LogP contribution is -2.46. The molecule has 0 unspecified atom stereocenters. The average Bonchev–Trinajstić information content (AvgIpc) is 2.99. The summed E-state index contributed by atoms with van der Waals surface area (Å²) >= 11 is 0. The van der Waals surface area contributed by atoms with Gasteiger partial charge in [-0.05, 0) is 100 Å². The van der Waals surface area contributed by atoms with Crippen LogP contribution in [-0.4, -0.2) is 50.3 Å². The lowest BCUT2D eigenvalue weighted by atomic mass is 9.92. The highest BCUT2D eigenvalue weighted by atomic mass is 28.4. The second-order valence-corrected chi connectivity index (χ2v) is 19.7. The Balaban J connectivity index is 1.39. The Bertz CT molecular complexity index is 1570. The highest BCUT2D eigenvalue weighted by molar-refractivity contribution is 6.74. The number of benzene rings is 2. The Hall–Kier alpha value is -2.75. The van der Waals surface area contributed by atoms with Gasteiger partial charge in [-0.2, -0.15) is 0 Å². The van der Waals surface area contributed by atoms with Gasteiger partial charge < -0.3 is 19.4 Å². The number of ether oxygens (including phenoxy) is 1. The van der Waals surface area contributed by atoms with Crippen molar-refractivity contribution in [1.82, 2.24) is 9.55 Å². The van der Waals surface area contributed by atoms with Crippen LogP contribution >= 0.6 is 0 Å². The van der Waals surface area contributed by atoms with Gasteiger partial charge in [0.25, 0.3) is 5.56 Å². The SMILES string of the molecule is Cc1cc([C@@H](C)Nc2ccc(F)cc2N(C)C2CCC(O[Si](C)(C)C(C)(C)C)CC2)c2nc(C3CCOCC3)n(C)c(=O)c2c1. The van der Waals surface area contributed by atoms with Gasteiger partial charge in [-0.25, -0.2) is 9.37 Å². The molecular formula is C36H53FN4O3Si. The van der Waals surface area contributed by atoms with Crippen LogP contribution in [-0.2, 0) is 16.2 Å². The number of hydrogen-bond acceptors (Lipinski definition) is 6. The highest BCUT2D eigenvalue weighted by Crippen LogP contribution is 2.41. The van der Waals surface area contributed by atoms with Crippen LogP contribution in [0.15, 0.2) is 35.1 Å². The van der Waals surface area contributed by atoms with E-state index >= 15 is 0 Å². The first-order valence-electron chi connectivity index (χ1n) is 16.7. The smallest absolute Gasteiger partial charge is 0.261 e. The minimum absolute atomic E-state index is 0.0195. The molecule has 3 aromatic rings. The summed E-state index contributed by atoms with van der Waals surface area (Å²) in [6, 6.07) is 9.19. The van der Waals surface area contributed by atoms with Gasteiger partial charge in [0.1, 0.15) is 11.6 Å². The van der Waals surface area contributed by atoms with Crippen LogP contribution in [0.2, 0.25) is 18.1 Å². The Labute approximate surface area is 269 Å². The molecule has 2 aliphatic rings. The van der Waals surface area contributed by atoms with E-state index in [-0.39, 0.29) is 28.4 Å². The summed E-state index contributed by atoms with van der Waals surface area (Å²) in [6.45, 7) is 17.0. The lowest BCUT2D eigenvalue weighted by Gasteiger charge is -2.43. The van der Waals surface area contributed by atoms with Crippen LogP contribution in [0.3, 0.4) is 0 Å². The third kappa shape index (κ3) is 7.15. The Morgan fingerprint density at radius 2 is 1.76 bits per heavy atom. The van der Waals surface area contributed by atoms with E-state index in [1.54, 1.807) is 10.6 Å². The second-order valence-electron chi connectivity index (χ2n) is 14.9. The van der Waals surface area contributed by atoms with Crippen molar-refractivity contribution in [3.8, 4) is 0 Å². The predicted octanol–water partition coefficient (Wildman–Crippen LogP) is 8.22. The van der Waals surface area contributed by atoms with Gasteiger partial charge in [0.15, 0.2) is 8.32 Å². The summed E-state index contributed by atoms with van der Waals surface area (Å²) in [4.78, 5) is 21.0. The molecule has 1 aliphatic carbocycles. The summed E-state index contributed by atoms with van der Waals surface area (Å²) in [5, 5.41) is 4.51. The molecule has 1 aliphatic heterocycles. The van der Waals surface area contributed by atoms with Crippen LogP contribution < -0.4 is 15.8 Å². The van der Waals surface area contributed by atoms with Crippen molar-refractivity contribution in [1.29, 1.82) is 0 Å². The molecule has 0 radical (unpaired) electrons. The van der Waals surface area contributed by atoms with Crippen LogP contribution in [0.5, 0.6) is 0 Å². The molecule has 0 amide bonds. The van der Waals surface area contributed by atoms with Crippen LogP contribution in [0.25, 0.3) is 10.9 Å². The minimum atomic E-state index is -1.82. The largest absolute Gasteiger partial charge is 0.414 e. The number of halogens is 1. The Morgan fingerprint density at radius 1 is 1.09 bits per heavy atom. The monoisotopic (exact) mass is 636 g/mol. The third-order valence-electron chi connectivity index (χ3n) is 10.6. The van der Waals surface area contributed by atoms with Gasteiger partial charge in [0.05, 0.1) is 28.3 Å². The normalized spacial score (nSPS) is 20.8. The van der Waals surface area contributed by atoms with Gasteiger partial charge >= 0.3 is 0 Å². The molecule has 1 saturated heterocycles. The number of nitrogens with zero attached hydrogens (tertiary/aromatic N) is 3. The van der Waals surface area contributed by atoms with Crippen LogP contribution in [0, 0.1) is 12.7 Å². The first kappa shape index (κ1) is 33.6. The third-order valence-corrected chi connectivity index (χ3v) is 15.1. The zero-order valence-corrected chi connectivity index (χ0v) is 29.8. The van der Waals surface area contributed by atoms with Crippen molar-refractivity contribution in [2.24, 2.45) is 7.05 Å². The molecule has 2 aromatic carbocycles. The maximum absolute atomic E-state index is 14.7. The molecule has 1 atom stereocenters. The fourth-order valence-corrected chi connectivity index (χ4v) is 8.21. The molecule has 0 spiro atoms. The zero-order chi connectivity index (χ0) is 32.7. The Morgan fingerprint density at radius 3 is 2.40 bits per heavy atom. The van der Waals surface area contributed by atoms with Gasteiger partial charge in [-0.15, -0.1) is 0 Å². The summed E-state index contributed by atoms with van der Waals surface area (Å²) in [7, 11) is 2.09. The van der Waals surface area contributed by atoms with E-state index < -0.39 is 8.32 Å². The van der Waals surface area contributed by atoms with E-state index in [4.69, 9.17) is 14.1 Å². The van der Waals surface area contributed by atoms with Gasteiger partial charge in [0.2, 0.25) is 0 Å². The van der Waals surface area contributed by atoms with E-state index in [2.05, 4.69) is 64.1 Å². The van der Waals surface area contributed by atoms with Crippen LogP contribution in [0.1, 0.15) is 95.1 Å². The molecule has 9 heteroatoms. The van der Waals surface area contributed by atoms with E-state index in [1.165, 1.54) is 6.07 Å². The molecular weight excluding hydrogens is 584 g/mol. The molecule has 1 saturated carbocycles. The number of rotatable bonds is 8. The minimum Gasteiger partial charge on any atom is -0.414 e. The summed E-state index contributed by atoms with van der Waals surface area (Å²) in [5.74, 6) is 0.763. The van der Waals surface area contributed by atoms with Crippen molar-refractivity contribution < 1.29 is 13.6 Å². The van der Waals surface area contributed by atoms with Gasteiger partial charge in [0, 0.05) is 50.9 Å². The number of anilines is 2. The topological polar surface area (TPSA) is 68.6 Å². The van der Waals surface area contributed by atoms with E-state index in [1.807, 2.05) is 26.1 Å². The molecule has 1 aromatic heterocycles.